The zero-order chi connectivity index (χ0) is 26.3. The Hall–Kier alpha value is -3.43. The summed E-state index contributed by atoms with van der Waals surface area (Å²) in [6, 6.07) is 4.61. The van der Waals surface area contributed by atoms with Crippen molar-refractivity contribution in [2.24, 2.45) is 4.99 Å². The SMILES string of the molecule is CCOC(=O)Cn1c(=NC(=O)CS(=O)(=O)CC(=O)Nc2nccs2)sc2cc(C(=O)OCC)ccc21. The normalized spacial score (nSPS) is 11.9. The number of esters is 2. The topological polar surface area (TPSA) is 163 Å². The molecule has 0 aliphatic rings. The number of nitrogens with zero attached hydrogens (tertiary/aromatic N) is 3. The predicted molar refractivity (Wildman–Crippen MR) is 132 cm³/mol. The summed E-state index contributed by atoms with van der Waals surface area (Å²) in [5, 5.41) is 4.19. The highest BCUT2D eigenvalue weighted by molar-refractivity contribution is 7.92. The standard InChI is InChI=1S/C21H22N4O8S3/c1-3-32-18(28)10-25-14-6-5-13(19(29)33-4-2)9-15(14)35-21(25)24-17(27)12-36(30,31)11-16(26)23-20-22-7-8-34-20/h5-9H,3-4,10-12H2,1-2H3,(H,22,23,26). The Bertz CT molecular complexity index is 1460. The van der Waals surface area contributed by atoms with Crippen molar-refractivity contribution in [2.75, 3.05) is 30.0 Å². The first-order valence-electron chi connectivity index (χ1n) is 10.5. The summed E-state index contributed by atoms with van der Waals surface area (Å²) >= 11 is 2.10. The molecule has 0 saturated carbocycles. The molecule has 192 valence electrons. The van der Waals surface area contributed by atoms with E-state index in [-0.39, 0.29) is 35.3 Å². The van der Waals surface area contributed by atoms with Crippen LogP contribution >= 0.6 is 22.7 Å². The molecule has 1 aromatic carbocycles. The number of sulfone groups is 1. The maximum atomic E-state index is 12.5. The van der Waals surface area contributed by atoms with Gasteiger partial charge in [-0.25, -0.2) is 18.2 Å². The van der Waals surface area contributed by atoms with Crippen LogP contribution in [-0.2, 0) is 40.2 Å². The van der Waals surface area contributed by atoms with Crippen LogP contribution in [0.4, 0.5) is 5.13 Å². The fourth-order valence-corrected chi connectivity index (χ4v) is 5.65. The van der Waals surface area contributed by atoms with Gasteiger partial charge in [0.2, 0.25) is 5.91 Å². The van der Waals surface area contributed by atoms with Crippen LogP contribution in [0, 0.1) is 0 Å². The average molecular weight is 555 g/mol. The van der Waals surface area contributed by atoms with Gasteiger partial charge >= 0.3 is 11.9 Å². The van der Waals surface area contributed by atoms with E-state index in [0.29, 0.717) is 10.2 Å². The van der Waals surface area contributed by atoms with Gasteiger partial charge in [-0.15, -0.1) is 11.3 Å². The van der Waals surface area contributed by atoms with Crippen molar-refractivity contribution < 1.29 is 37.1 Å². The highest BCUT2D eigenvalue weighted by Gasteiger charge is 2.22. The van der Waals surface area contributed by atoms with Gasteiger partial charge in [0.05, 0.1) is 29.0 Å². The molecule has 0 bridgehead atoms. The second-order valence-corrected chi connectivity index (χ2v) is 11.1. The van der Waals surface area contributed by atoms with Gasteiger partial charge < -0.3 is 19.4 Å². The van der Waals surface area contributed by atoms with Crippen molar-refractivity contribution in [3.63, 3.8) is 0 Å². The second-order valence-electron chi connectivity index (χ2n) is 7.10. The van der Waals surface area contributed by atoms with Gasteiger partial charge in [0, 0.05) is 11.6 Å². The molecular weight excluding hydrogens is 532 g/mol. The number of ether oxygens (including phenoxy) is 2. The maximum absolute atomic E-state index is 12.5. The lowest BCUT2D eigenvalue weighted by Gasteiger charge is -2.06. The zero-order valence-electron chi connectivity index (χ0n) is 19.3. The van der Waals surface area contributed by atoms with E-state index in [1.807, 2.05) is 0 Å². The van der Waals surface area contributed by atoms with Crippen LogP contribution in [0.5, 0.6) is 0 Å². The molecule has 0 unspecified atom stereocenters. The number of anilines is 1. The highest BCUT2D eigenvalue weighted by atomic mass is 32.2. The minimum Gasteiger partial charge on any atom is -0.465 e. The number of thiazole rings is 2. The van der Waals surface area contributed by atoms with E-state index in [9.17, 15) is 27.6 Å². The van der Waals surface area contributed by atoms with Crippen molar-refractivity contribution in [2.45, 2.75) is 20.4 Å². The molecule has 0 radical (unpaired) electrons. The number of amides is 2. The number of benzene rings is 1. The Morgan fingerprint density at radius 1 is 1.11 bits per heavy atom. The van der Waals surface area contributed by atoms with Crippen LogP contribution in [0.1, 0.15) is 24.2 Å². The molecule has 3 aromatic rings. The Balaban J connectivity index is 1.88. The number of hydrogen-bond acceptors (Lipinski definition) is 11. The first-order valence-corrected chi connectivity index (χ1v) is 14.1. The summed E-state index contributed by atoms with van der Waals surface area (Å²) in [6.45, 7) is 3.36. The van der Waals surface area contributed by atoms with Crippen molar-refractivity contribution in [1.29, 1.82) is 0 Å². The lowest BCUT2D eigenvalue weighted by atomic mass is 10.2. The van der Waals surface area contributed by atoms with Gasteiger partial charge in [0.25, 0.3) is 5.91 Å². The summed E-state index contributed by atoms with van der Waals surface area (Å²) in [7, 11) is -4.14. The van der Waals surface area contributed by atoms with Crippen LogP contribution in [-0.4, -0.2) is 66.4 Å². The minimum atomic E-state index is -4.14. The maximum Gasteiger partial charge on any atom is 0.338 e. The van der Waals surface area contributed by atoms with E-state index in [1.165, 1.54) is 22.9 Å². The number of rotatable bonds is 10. The van der Waals surface area contributed by atoms with E-state index < -0.39 is 45.1 Å². The predicted octanol–water partition coefficient (Wildman–Crippen LogP) is 1.38. The molecule has 15 heteroatoms. The molecule has 0 fully saturated rings. The van der Waals surface area contributed by atoms with E-state index in [1.54, 1.807) is 25.3 Å². The van der Waals surface area contributed by atoms with Crippen LogP contribution in [0.3, 0.4) is 0 Å². The van der Waals surface area contributed by atoms with Crippen molar-refractivity contribution in [1.82, 2.24) is 9.55 Å². The number of nitrogens with one attached hydrogen (secondary N) is 1. The van der Waals surface area contributed by atoms with Gasteiger partial charge in [-0.3, -0.25) is 14.4 Å². The third kappa shape index (κ3) is 7.29. The minimum absolute atomic E-state index is 0.0338. The van der Waals surface area contributed by atoms with Gasteiger partial charge in [-0.05, 0) is 32.0 Å². The largest absolute Gasteiger partial charge is 0.465 e. The summed E-state index contributed by atoms with van der Waals surface area (Å²) in [4.78, 5) is 56.5. The highest BCUT2D eigenvalue weighted by Crippen LogP contribution is 2.20. The number of aromatic nitrogens is 2. The van der Waals surface area contributed by atoms with E-state index in [4.69, 9.17) is 9.47 Å². The number of carbonyl (C=O) groups excluding carboxylic acids is 4. The van der Waals surface area contributed by atoms with Gasteiger partial charge in [0.15, 0.2) is 19.8 Å². The number of fused-ring (bicyclic) bond motifs is 1. The molecule has 3 rings (SSSR count). The Labute approximate surface area is 213 Å². The van der Waals surface area contributed by atoms with Gasteiger partial charge in [0.1, 0.15) is 18.1 Å². The summed E-state index contributed by atoms with van der Waals surface area (Å²) in [6.07, 6.45) is 1.45. The van der Waals surface area contributed by atoms with E-state index >= 15 is 0 Å². The fraction of sp³-hybridized carbons (Fsp3) is 0.333. The van der Waals surface area contributed by atoms with Gasteiger partial charge in [-0.2, -0.15) is 4.99 Å². The number of carbonyl (C=O) groups is 4. The monoisotopic (exact) mass is 554 g/mol. The van der Waals surface area contributed by atoms with Crippen molar-refractivity contribution in [3.8, 4) is 0 Å². The third-order valence-electron chi connectivity index (χ3n) is 4.38. The van der Waals surface area contributed by atoms with Crippen LogP contribution < -0.4 is 10.1 Å². The summed E-state index contributed by atoms with van der Waals surface area (Å²) in [5.41, 5.74) is 0.749. The second kappa shape index (κ2) is 12.0. The van der Waals surface area contributed by atoms with Gasteiger partial charge in [-0.1, -0.05) is 11.3 Å². The first kappa shape index (κ1) is 27.2. The Morgan fingerprint density at radius 3 is 2.53 bits per heavy atom. The molecule has 36 heavy (non-hydrogen) atoms. The van der Waals surface area contributed by atoms with E-state index in [2.05, 4.69) is 15.3 Å². The van der Waals surface area contributed by atoms with Crippen LogP contribution in [0.2, 0.25) is 0 Å². The molecule has 0 atom stereocenters. The number of hydrogen-bond donors (Lipinski definition) is 1. The molecule has 2 amide bonds. The lowest BCUT2D eigenvalue weighted by Crippen LogP contribution is -2.28. The molecule has 0 aliphatic heterocycles. The quantitative estimate of drug-likeness (QED) is 0.365. The fourth-order valence-electron chi connectivity index (χ4n) is 3.01. The Morgan fingerprint density at radius 2 is 1.86 bits per heavy atom. The smallest absolute Gasteiger partial charge is 0.338 e. The summed E-state index contributed by atoms with van der Waals surface area (Å²) < 4.78 is 36.7. The average Bonchev–Trinajstić information content (AvgIpc) is 3.40. The van der Waals surface area contributed by atoms with Crippen molar-refractivity contribution >= 4 is 71.6 Å². The first-order chi connectivity index (χ1) is 17.1. The van der Waals surface area contributed by atoms with Crippen LogP contribution in [0.25, 0.3) is 10.2 Å². The molecular formula is C21H22N4O8S3. The molecule has 12 nitrogen and oxygen atoms in total. The molecule has 0 aliphatic carbocycles. The third-order valence-corrected chi connectivity index (χ3v) is 7.50. The van der Waals surface area contributed by atoms with Crippen molar-refractivity contribution in [3.05, 3.63) is 40.1 Å². The lowest BCUT2D eigenvalue weighted by molar-refractivity contribution is -0.143. The molecule has 2 aromatic heterocycles. The molecule has 0 saturated heterocycles. The van der Waals surface area contributed by atoms with E-state index in [0.717, 1.165) is 22.7 Å². The summed E-state index contributed by atoms with van der Waals surface area (Å²) in [5.74, 6) is -4.92. The Kier molecular flexibility index (Phi) is 9.06. The zero-order valence-corrected chi connectivity index (χ0v) is 21.7. The molecule has 0 spiro atoms. The van der Waals surface area contributed by atoms with Crippen LogP contribution in [0.15, 0.2) is 34.8 Å². The molecule has 1 N–H and O–H groups in total. The molecule has 2 heterocycles.